The van der Waals surface area contributed by atoms with Gasteiger partial charge in [-0.25, -0.2) is 4.98 Å². The molecular formula is C16H17Cl2N3O2. The Morgan fingerprint density at radius 1 is 1.35 bits per heavy atom. The monoisotopic (exact) mass is 353 g/mol. The largest absolute Gasteiger partial charge is 0.466 e. The molecule has 23 heavy (non-hydrogen) atoms. The van der Waals surface area contributed by atoms with Crippen LogP contribution < -0.4 is 4.90 Å². The Morgan fingerprint density at radius 3 is 2.83 bits per heavy atom. The fourth-order valence-electron chi connectivity index (χ4n) is 2.79. The van der Waals surface area contributed by atoms with E-state index in [1.807, 2.05) is 6.92 Å². The van der Waals surface area contributed by atoms with Gasteiger partial charge in [-0.1, -0.05) is 23.2 Å². The van der Waals surface area contributed by atoms with Gasteiger partial charge in [-0.3, -0.25) is 9.78 Å². The van der Waals surface area contributed by atoms with Crippen LogP contribution in [0.2, 0.25) is 10.0 Å². The molecule has 2 heterocycles. The molecular weight excluding hydrogens is 337 g/mol. The van der Waals surface area contributed by atoms with Crippen LogP contribution in [-0.4, -0.2) is 35.6 Å². The number of benzene rings is 1. The zero-order valence-corrected chi connectivity index (χ0v) is 14.3. The summed E-state index contributed by atoms with van der Waals surface area (Å²) in [7, 11) is 0. The van der Waals surface area contributed by atoms with Crippen LogP contribution in [0.4, 0.5) is 5.82 Å². The molecule has 1 aliphatic heterocycles. The Labute approximate surface area is 144 Å². The first kappa shape index (κ1) is 16.3. The first-order chi connectivity index (χ1) is 11.1. The number of esters is 1. The zero-order valence-electron chi connectivity index (χ0n) is 12.8. The predicted octanol–water partition coefficient (Wildman–Crippen LogP) is 3.72. The Bertz CT molecular complexity index is 739. The summed E-state index contributed by atoms with van der Waals surface area (Å²) >= 11 is 12.0. The molecule has 0 bridgehead atoms. The number of hydrogen-bond donors (Lipinski definition) is 0. The minimum atomic E-state index is -0.138. The number of piperidine rings is 1. The lowest BCUT2D eigenvalue weighted by molar-refractivity contribution is -0.148. The SMILES string of the molecule is CCOC(=O)C1CCCN(c2cnc3cc(Cl)c(Cl)cc3n2)C1. The van der Waals surface area contributed by atoms with Gasteiger partial charge in [0.2, 0.25) is 0 Å². The van der Waals surface area contributed by atoms with E-state index in [2.05, 4.69) is 14.9 Å². The molecule has 0 N–H and O–H groups in total. The fraction of sp³-hybridized carbons (Fsp3) is 0.438. The van der Waals surface area contributed by atoms with Crippen LogP contribution in [0.25, 0.3) is 11.0 Å². The first-order valence-corrected chi connectivity index (χ1v) is 8.37. The molecule has 0 aliphatic carbocycles. The van der Waals surface area contributed by atoms with Gasteiger partial charge < -0.3 is 9.64 Å². The van der Waals surface area contributed by atoms with Gasteiger partial charge in [0.25, 0.3) is 0 Å². The molecule has 1 fully saturated rings. The van der Waals surface area contributed by atoms with Crippen LogP contribution in [0, 0.1) is 5.92 Å². The van der Waals surface area contributed by atoms with Crippen LogP contribution >= 0.6 is 23.2 Å². The summed E-state index contributed by atoms with van der Waals surface area (Å²) < 4.78 is 5.13. The van der Waals surface area contributed by atoms with Crippen molar-refractivity contribution in [3.63, 3.8) is 0 Å². The molecule has 7 heteroatoms. The smallest absolute Gasteiger partial charge is 0.310 e. The number of carbonyl (C=O) groups excluding carboxylic acids is 1. The van der Waals surface area contributed by atoms with Crippen molar-refractivity contribution in [2.75, 3.05) is 24.6 Å². The van der Waals surface area contributed by atoms with Crippen LogP contribution in [0.15, 0.2) is 18.3 Å². The molecule has 1 unspecified atom stereocenters. The summed E-state index contributed by atoms with van der Waals surface area (Å²) in [6, 6.07) is 3.41. The Morgan fingerprint density at radius 2 is 2.09 bits per heavy atom. The number of anilines is 1. The van der Waals surface area contributed by atoms with Crippen LogP contribution in [0.3, 0.4) is 0 Å². The van der Waals surface area contributed by atoms with E-state index in [1.165, 1.54) is 0 Å². The zero-order chi connectivity index (χ0) is 16.4. The highest BCUT2D eigenvalue weighted by atomic mass is 35.5. The molecule has 0 saturated carbocycles. The van der Waals surface area contributed by atoms with Crippen LogP contribution in [-0.2, 0) is 9.53 Å². The first-order valence-electron chi connectivity index (χ1n) is 7.62. The van der Waals surface area contributed by atoms with E-state index in [0.29, 0.717) is 34.2 Å². The van der Waals surface area contributed by atoms with Crippen molar-refractivity contribution >= 4 is 46.0 Å². The summed E-state index contributed by atoms with van der Waals surface area (Å²) in [5.41, 5.74) is 1.39. The second-order valence-electron chi connectivity index (χ2n) is 5.52. The Balaban J connectivity index is 1.84. The number of carbonyl (C=O) groups is 1. The van der Waals surface area contributed by atoms with Crippen LogP contribution in [0.1, 0.15) is 19.8 Å². The highest BCUT2D eigenvalue weighted by Crippen LogP contribution is 2.28. The third-order valence-corrected chi connectivity index (χ3v) is 4.66. The van der Waals surface area contributed by atoms with Crippen molar-refractivity contribution < 1.29 is 9.53 Å². The topological polar surface area (TPSA) is 55.3 Å². The van der Waals surface area contributed by atoms with Gasteiger partial charge in [-0.05, 0) is 31.9 Å². The number of nitrogens with zero attached hydrogens (tertiary/aromatic N) is 3. The average Bonchev–Trinajstić information content (AvgIpc) is 2.56. The lowest BCUT2D eigenvalue weighted by Crippen LogP contribution is -2.39. The average molecular weight is 354 g/mol. The third kappa shape index (κ3) is 3.51. The second-order valence-corrected chi connectivity index (χ2v) is 6.33. The highest BCUT2D eigenvalue weighted by Gasteiger charge is 2.27. The maximum Gasteiger partial charge on any atom is 0.310 e. The summed E-state index contributed by atoms with van der Waals surface area (Å²) in [5.74, 6) is 0.487. The van der Waals surface area contributed by atoms with Crippen molar-refractivity contribution in [3.8, 4) is 0 Å². The highest BCUT2D eigenvalue weighted by molar-refractivity contribution is 6.42. The Kier molecular flexibility index (Phi) is 4.87. The molecule has 122 valence electrons. The van der Waals surface area contributed by atoms with Gasteiger partial charge in [-0.15, -0.1) is 0 Å². The van der Waals surface area contributed by atoms with E-state index in [0.717, 1.165) is 25.2 Å². The van der Waals surface area contributed by atoms with Crippen molar-refractivity contribution in [2.24, 2.45) is 5.92 Å². The predicted molar refractivity (Wildman–Crippen MR) is 91.1 cm³/mol. The van der Waals surface area contributed by atoms with Gasteiger partial charge >= 0.3 is 5.97 Å². The molecule has 5 nitrogen and oxygen atoms in total. The number of halogens is 2. The van der Waals surface area contributed by atoms with Gasteiger partial charge in [0.15, 0.2) is 0 Å². The fourth-order valence-corrected chi connectivity index (χ4v) is 3.10. The maximum atomic E-state index is 12.0. The van der Waals surface area contributed by atoms with E-state index < -0.39 is 0 Å². The maximum absolute atomic E-state index is 12.0. The van der Waals surface area contributed by atoms with E-state index in [1.54, 1.807) is 18.3 Å². The number of hydrogen-bond acceptors (Lipinski definition) is 5. The lowest BCUT2D eigenvalue weighted by Gasteiger charge is -2.32. The normalized spacial score (nSPS) is 18.2. The van der Waals surface area contributed by atoms with Gasteiger partial charge in [0.1, 0.15) is 5.82 Å². The molecule has 0 radical (unpaired) electrons. The molecule has 0 amide bonds. The number of ether oxygens (including phenoxy) is 1. The molecule has 1 aromatic carbocycles. The quantitative estimate of drug-likeness (QED) is 0.787. The third-order valence-electron chi connectivity index (χ3n) is 3.94. The molecule has 2 aromatic rings. The van der Waals surface area contributed by atoms with Crippen molar-refractivity contribution in [1.29, 1.82) is 0 Å². The summed E-state index contributed by atoms with van der Waals surface area (Å²) in [4.78, 5) is 23.0. The molecule has 1 saturated heterocycles. The van der Waals surface area contributed by atoms with Crippen molar-refractivity contribution in [2.45, 2.75) is 19.8 Å². The van der Waals surface area contributed by atoms with Gasteiger partial charge in [-0.2, -0.15) is 0 Å². The summed E-state index contributed by atoms with van der Waals surface area (Å²) in [5, 5.41) is 0.912. The molecule has 1 aliphatic rings. The standard InChI is InChI=1S/C16H17Cl2N3O2/c1-2-23-16(22)10-4-3-5-21(9-10)15-8-19-13-6-11(17)12(18)7-14(13)20-15/h6-8,10H,2-5,9H2,1H3. The van der Waals surface area contributed by atoms with Gasteiger partial charge in [0, 0.05) is 13.1 Å². The van der Waals surface area contributed by atoms with E-state index in [4.69, 9.17) is 27.9 Å². The lowest BCUT2D eigenvalue weighted by atomic mass is 9.98. The molecule has 1 aromatic heterocycles. The number of fused-ring (bicyclic) bond motifs is 1. The van der Waals surface area contributed by atoms with E-state index in [9.17, 15) is 4.79 Å². The van der Waals surface area contributed by atoms with Gasteiger partial charge in [0.05, 0.1) is 39.8 Å². The minimum Gasteiger partial charge on any atom is -0.466 e. The van der Waals surface area contributed by atoms with Crippen molar-refractivity contribution in [3.05, 3.63) is 28.4 Å². The molecule has 3 rings (SSSR count). The van der Waals surface area contributed by atoms with E-state index in [-0.39, 0.29) is 11.9 Å². The molecule has 1 atom stereocenters. The number of rotatable bonds is 3. The second kappa shape index (κ2) is 6.89. The number of aromatic nitrogens is 2. The summed E-state index contributed by atoms with van der Waals surface area (Å²) in [6.07, 6.45) is 3.47. The van der Waals surface area contributed by atoms with Crippen molar-refractivity contribution in [1.82, 2.24) is 9.97 Å². The van der Waals surface area contributed by atoms with Crippen LogP contribution in [0.5, 0.6) is 0 Å². The minimum absolute atomic E-state index is 0.116. The van der Waals surface area contributed by atoms with E-state index >= 15 is 0 Å². The molecule has 0 spiro atoms. The Hall–Kier alpha value is -1.59. The summed E-state index contributed by atoms with van der Waals surface area (Å²) in [6.45, 7) is 3.67.